The van der Waals surface area contributed by atoms with Crippen LogP contribution in [0.5, 0.6) is 0 Å². The lowest BCUT2D eigenvalue weighted by Gasteiger charge is -2.14. The zero-order chi connectivity index (χ0) is 18.5. The Labute approximate surface area is 153 Å². The SMILES string of the molecule is C[C@@H](OC(=O)c1cncn1-c1ccc(F)cc1)C(=O)NCc1cccs1. The van der Waals surface area contributed by atoms with Crippen molar-refractivity contribution in [1.82, 2.24) is 14.9 Å². The van der Waals surface area contributed by atoms with Gasteiger partial charge in [0.2, 0.25) is 0 Å². The molecule has 0 saturated carbocycles. The van der Waals surface area contributed by atoms with Gasteiger partial charge in [-0.1, -0.05) is 6.07 Å². The molecule has 3 aromatic rings. The fraction of sp³-hybridized carbons (Fsp3) is 0.167. The van der Waals surface area contributed by atoms with Crippen molar-refractivity contribution in [2.24, 2.45) is 0 Å². The number of ether oxygens (including phenoxy) is 1. The molecule has 0 aliphatic carbocycles. The van der Waals surface area contributed by atoms with Crippen LogP contribution in [-0.2, 0) is 16.1 Å². The van der Waals surface area contributed by atoms with Gasteiger partial charge >= 0.3 is 5.97 Å². The van der Waals surface area contributed by atoms with Crippen molar-refractivity contribution in [2.45, 2.75) is 19.6 Å². The molecule has 3 rings (SSSR count). The number of rotatable bonds is 6. The van der Waals surface area contributed by atoms with E-state index in [0.29, 0.717) is 12.2 Å². The highest BCUT2D eigenvalue weighted by atomic mass is 32.1. The standard InChI is InChI=1S/C18H16FN3O3S/c1-12(17(23)21-9-15-3-2-8-26-15)25-18(24)16-10-20-11-22(16)14-6-4-13(19)5-7-14/h2-8,10-12H,9H2,1H3,(H,21,23)/t12-/m1/s1. The van der Waals surface area contributed by atoms with Gasteiger partial charge in [0.25, 0.3) is 5.91 Å². The van der Waals surface area contributed by atoms with Crippen LogP contribution >= 0.6 is 11.3 Å². The molecule has 0 radical (unpaired) electrons. The molecule has 0 unspecified atom stereocenters. The van der Waals surface area contributed by atoms with Gasteiger partial charge in [-0.3, -0.25) is 9.36 Å². The van der Waals surface area contributed by atoms with E-state index in [-0.39, 0.29) is 17.4 Å². The quantitative estimate of drug-likeness (QED) is 0.675. The number of nitrogens with zero attached hydrogens (tertiary/aromatic N) is 2. The van der Waals surface area contributed by atoms with Crippen LogP contribution in [0.4, 0.5) is 4.39 Å². The Balaban J connectivity index is 1.63. The van der Waals surface area contributed by atoms with E-state index in [9.17, 15) is 14.0 Å². The van der Waals surface area contributed by atoms with E-state index in [0.717, 1.165) is 4.88 Å². The first kappa shape index (κ1) is 17.8. The van der Waals surface area contributed by atoms with Crippen LogP contribution < -0.4 is 5.32 Å². The number of esters is 1. The largest absolute Gasteiger partial charge is 0.448 e. The Kier molecular flexibility index (Phi) is 5.43. The summed E-state index contributed by atoms with van der Waals surface area (Å²) in [6.07, 6.45) is 1.80. The lowest BCUT2D eigenvalue weighted by molar-refractivity contribution is -0.129. The first-order valence-electron chi connectivity index (χ1n) is 7.84. The van der Waals surface area contributed by atoms with E-state index in [4.69, 9.17) is 4.74 Å². The number of hydrogen-bond donors (Lipinski definition) is 1. The molecule has 0 bridgehead atoms. The molecule has 2 heterocycles. The number of halogens is 1. The minimum Gasteiger partial charge on any atom is -0.448 e. The Morgan fingerprint density at radius 2 is 2.08 bits per heavy atom. The smallest absolute Gasteiger partial charge is 0.357 e. The molecule has 0 aliphatic heterocycles. The number of imidazole rings is 1. The summed E-state index contributed by atoms with van der Waals surface area (Å²) in [5, 5.41) is 4.64. The molecule has 26 heavy (non-hydrogen) atoms. The molecular weight excluding hydrogens is 357 g/mol. The van der Waals surface area contributed by atoms with Crippen molar-refractivity contribution in [3.8, 4) is 5.69 Å². The second-order valence-corrected chi connectivity index (χ2v) is 6.50. The van der Waals surface area contributed by atoms with Gasteiger partial charge in [0, 0.05) is 10.6 Å². The zero-order valence-corrected chi connectivity index (χ0v) is 14.7. The predicted molar refractivity (Wildman–Crippen MR) is 94.6 cm³/mol. The van der Waals surface area contributed by atoms with E-state index in [1.54, 1.807) is 0 Å². The van der Waals surface area contributed by atoms with Crippen molar-refractivity contribution in [3.05, 3.63) is 70.7 Å². The van der Waals surface area contributed by atoms with Gasteiger partial charge in [0.05, 0.1) is 19.1 Å². The van der Waals surface area contributed by atoms with E-state index in [1.807, 2.05) is 17.5 Å². The molecule has 134 valence electrons. The molecule has 0 saturated heterocycles. The fourth-order valence-electron chi connectivity index (χ4n) is 2.26. The number of nitrogens with one attached hydrogen (secondary N) is 1. The summed E-state index contributed by atoms with van der Waals surface area (Å²) < 4.78 is 19.8. The van der Waals surface area contributed by atoms with Gasteiger partial charge in [0.15, 0.2) is 11.8 Å². The molecule has 1 aromatic carbocycles. The van der Waals surface area contributed by atoms with Crippen LogP contribution in [0.1, 0.15) is 22.3 Å². The van der Waals surface area contributed by atoms with E-state index >= 15 is 0 Å². The van der Waals surface area contributed by atoms with Gasteiger partial charge in [-0.05, 0) is 42.6 Å². The van der Waals surface area contributed by atoms with Crippen molar-refractivity contribution in [3.63, 3.8) is 0 Å². The Bertz CT molecular complexity index is 891. The topological polar surface area (TPSA) is 73.2 Å². The first-order chi connectivity index (χ1) is 12.5. The van der Waals surface area contributed by atoms with Crippen LogP contribution in [0.3, 0.4) is 0 Å². The van der Waals surface area contributed by atoms with Crippen molar-refractivity contribution in [1.29, 1.82) is 0 Å². The van der Waals surface area contributed by atoms with E-state index < -0.39 is 12.1 Å². The maximum absolute atomic E-state index is 13.1. The summed E-state index contributed by atoms with van der Waals surface area (Å²) in [7, 11) is 0. The second-order valence-electron chi connectivity index (χ2n) is 5.47. The molecule has 0 aliphatic rings. The molecule has 1 amide bonds. The van der Waals surface area contributed by atoms with Crippen LogP contribution in [-0.4, -0.2) is 27.5 Å². The number of thiophene rings is 1. The molecule has 2 aromatic heterocycles. The van der Waals surface area contributed by atoms with Gasteiger partial charge < -0.3 is 10.1 Å². The van der Waals surface area contributed by atoms with Crippen LogP contribution in [0.15, 0.2) is 54.3 Å². The highest BCUT2D eigenvalue weighted by Crippen LogP contribution is 2.14. The second kappa shape index (κ2) is 7.92. The van der Waals surface area contributed by atoms with Crippen LogP contribution in [0, 0.1) is 5.82 Å². The third kappa shape index (κ3) is 4.15. The lowest BCUT2D eigenvalue weighted by atomic mass is 10.3. The lowest BCUT2D eigenvalue weighted by Crippen LogP contribution is -2.35. The normalized spacial score (nSPS) is 11.8. The number of hydrogen-bond acceptors (Lipinski definition) is 5. The summed E-state index contributed by atoms with van der Waals surface area (Å²) in [6, 6.07) is 9.40. The van der Waals surface area contributed by atoms with E-state index in [1.165, 1.54) is 59.6 Å². The van der Waals surface area contributed by atoms with Crippen molar-refractivity contribution >= 4 is 23.2 Å². The molecule has 1 N–H and O–H groups in total. The number of carbonyl (C=O) groups is 2. The summed E-state index contributed by atoms with van der Waals surface area (Å²) >= 11 is 1.53. The fourth-order valence-corrected chi connectivity index (χ4v) is 2.90. The average molecular weight is 373 g/mol. The molecular formula is C18H16FN3O3S. The zero-order valence-electron chi connectivity index (χ0n) is 13.9. The molecule has 6 nitrogen and oxygen atoms in total. The number of amides is 1. The third-order valence-electron chi connectivity index (χ3n) is 3.62. The van der Waals surface area contributed by atoms with Gasteiger partial charge in [-0.2, -0.15) is 0 Å². The van der Waals surface area contributed by atoms with Gasteiger partial charge in [-0.15, -0.1) is 11.3 Å². The first-order valence-corrected chi connectivity index (χ1v) is 8.72. The predicted octanol–water partition coefficient (Wildman–Crippen LogP) is 2.93. The number of aromatic nitrogens is 2. The highest BCUT2D eigenvalue weighted by molar-refractivity contribution is 7.09. The molecule has 1 atom stereocenters. The van der Waals surface area contributed by atoms with Crippen molar-refractivity contribution in [2.75, 3.05) is 0 Å². The summed E-state index contributed by atoms with van der Waals surface area (Å²) in [4.78, 5) is 29.4. The number of benzene rings is 1. The maximum Gasteiger partial charge on any atom is 0.357 e. The van der Waals surface area contributed by atoms with Crippen molar-refractivity contribution < 1.29 is 18.7 Å². The molecule has 8 heteroatoms. The Morgan fingerprint density at radius 3 is 2.77 bits per heavy atom. The average Bonchev–Trinajstić information content (AvgIpc) is 3.32. The summed E-state index contributed by atoms with van der Waals surface area (Å²) in [5.41, 5.74) is 0.708. The van der Waals surface area contributed by atoms with E-state index in [2.05, 4.69) is 10.3 Å². The maximum atomic E-state index is 13.1. The Hall–Kier alpha value is -3.00. The Morgan fingerprint density at radius 1 is 1.31 bits per heavy atom. The minimum absolute atomic E-state index is 0.148. The minimum atomic E-state index is -0.959. The van der Waals surface area contributed by atoms with Gasteiger partial charge in [-0.25, -0.2) is 14.2 Å². The number of carbonyl (C=O) groups excluding carboxylic acids is 2. The van der Waals surface area contributed by atoms with Gasteiger partial charge in [0.1, 0.15) is 5.82 Å². The monoisotopic (exact) mass is 373 g/mol. The molecule has 0 fully saturated rings. The van der Waals surface area contributed by atoms with Crippen LogP contribution in [0.25, 0.3) is 5.69 Å². The molecule has 0 spiro atoms. The highest BCUT2D eigenvalue weighted by Gasteiger charge is 2.21. The summed E-state index contributed by atoms with van der Waals surface area (Å²) in [5.74, 6) is -1.46. The summed E-state index contributed by atoms with van der Waals surface area (Å²) in [6.45, 7) is 1.88. The third-order valence-corrected chi connectivity index (χ3v) is 4.50. The van der Waals surface area contributed by atoms with Crippen LogP contribution in [0.2, 0.25) is 0 Å².